The average molecular weight is 487 g/mol. The highest BCUT2D eigenvalue weighted by Gasteiger charge is 2.50. The fourth-order valence-electron chi connectivity index (χ4n) is 6.34. The minimum atomic E-state index is -1.47. The molecule has 0 saturated carbocycles. The Bertz CT molecular complexity index is 632. The van der Waals surface area contributed by atoms with Crippen molar-refractivity contribution in [2.75, 3.05) is 0 Å². The fraction of sp³-hybridized carbons (Fsp3) is 1.00. The van der Waals surface area contributed by atoms with Crippen LogP contribution in [-0.2, 0) is 23.7 Å². The molecule has 5 nitrogen and oxygen atoms in total. The van der Waals surface area contributed by atoms with E-state index in [1.165, 1.54) is 0 Å². The van der Waals surface area contributed by atoms with E-state index < -0.39 is 18.8 Å². The maximum absolute atomic E-state index is 15.2. The summed E-state index contributed by atoms with van der Waals surface area (Å²) in [5.74, 6) is 1.93. The molecule has 34 heavy (non-hydrogen) atoms. The van der Waals surface area contributed by atoms with Crippen molar-refractivity contribution in [2.45, 2.75) is 138 Å². The third kappa shape index (κ3) is 5.51. The van der Waals surface area contributed by atoms with Gasteiger partial charge in [0.15, 0.2) is 12.6 Å². The highest BCUT2D eigenvalue weighted by molar-refractivity contribution is 4.91. The Morgan fingerprint density at radius 2 is 0.912 bits per heavy atom. The number of hydrogen-bond donors (Lipinski definition) is 0. The standard InChI is InChI=1S/C28H51FO5/c1-11-21-16(6)18(8)24(26(29)30-21)33-28-25(19(9)17(7)23(13-3)32-28)34-27-20(10)14(4)15(5)22(12-2)31-27/h14-28H,11-13H2,1-10H3/t14?,15-,16-,17-,18?,19?,20?,21-,22-,23-,24?,25?,26-,27+,28+/m0/s1. The van der Waals surface area contributed by atoms with Gasteiger partial charge in [-0.3, -0.25) is 0 Å². The van der Waals surface area contributed by atoms with Crippen LogP contribution in [0.1, 0.15) is 88.5 Å². The smallest absolute Gasteiger partial charge is 0.225 e. The second kappa shape index (κ2) is 11.9. The first-order valence-electron chi connectivity index (χ1n) is 14.0. The summed E-state index contributed by atoms with van der Waals surface area (Å²) in [4.78, 5) is 0. The highest BCUT2D eigenvalue weighted by Crippen LogP contribution is 2.42. The normalized spacial score (nSPS) is 52.5. The molecule has 0 radical (unpaired) electrons. The van der Waals surface area contributed by atoms with Gasteiger partial charge in [0, 0.05) is 5.92 Å². The first-order chi connectivity index (χ1) is 16.0. The molecule has 0 aliphatic carbocycles. The van der Waals surface area contributed by atoms with Crippen LogP contribution in [0.5, 0.6) is 0 Å². The molecule has 6 unspecified atom stereocenters. The molecule has 3 fully saturated rings. The number of halogens is 1. The van der Waals surface area contributed by atoms with Gasteiger partial charge in [0.2, 0.25) is 6.36 Å². The van der Waals surface area contributed by atoms with Gasteiger partial charge >= 0.3 is 0 Å². The van der Waals surface area contributed by atoms with Crippen LogP contribution in [0.25, 0.3) is 0 Å². The van der Waals surface area contributed by atoms with Gasteiger partial charge < -0.3 is 23.7 Å². The molecule has 3 saturated heterocycles. The van der Waals surface area contributed by atoms with Crippen molar-refractivity contribution in [1.82, 2.24) is 0 Å². The van der Waals surface area contributed by atoms with Crippen LogP contribution in [0, 0.1) is 41.4 Å². The van der Waals surface area contributed by atoms with Crippen LogP contribution >= 0.6 is 0 Å². The van der Waals surface area contributed by atoms with Gasteiger partial charge in [-0.05, 0) is 54.8 Å². The predicted molar refractivity (Wildman–Crippen MR) is 132 cm³/mol. The Balaban J connectivity index is 1.82. The van der Waals surface area contributed by atoms with E-state index >= 15 is 4.39 Å². The van der Waals surface area contributed by atoms with Crippen LogP contribution in [0.15, 0.2) is 0 Å². The van der Waals surface area contributed by atoms with Crippen molar-refractivity contribution in [3.8, 4) is 0 Å². The number of hydrogen-bond acceptors (Lipinski definition) is 5. The van der Waals surface area contributed by atoms with Crippen molar-refractivity contribution in [2.24, 2.45) is 41.4 Å². The van der Waals surface area contributed by atoms with E-state index in [2.05, 4.69) is 62.3 Å². The van der Waals surface area contributed by atoms with Gasteiger partial charge in [-0.2, -0.15) is 0 Å². The lowest BCUT2D eigenvalue weighted by Gasteiger charge is -2.50. The summed E-state index contributed by atoms with van der Waals surface area (Å²) in [6, 6.07) is 0. The van der Waals surface area contributed by atoms with E-state index in [0.29, 0.717) is 17.8 Å². The van der Waals surface area contributed by atoms with Crippen molar-refractivity contribution >= 4 is 0 Å². The minimum absolute atomic E-state index is 0.0166. The van der Waals surface area contributed by atoms with Gasteiger partial charge in [0.25, 0.3) is 0 Å². The van der Waals surface area contributed by atoms with E-state index in [1.807, 2.05) is 6.92 Å². The van der Waals surface area contributed by atoms with Crippen molar-refractivity contribution in [3.63, 3.8) is 0 Å². The van der Waals surface area contributed by atoms with Crippen LogP contribution in [0.2, 0.25) is 0 Å². The third-order valence-electron chi connectivity index (χ3n) is 9.78. The molecule has 3 rings (SSSR count). The largest absolute Gasteiger partial charge is 0.349 e. The molecular formula is C28H51FO5. The second-order valence-corrected chi connectivity index (χ2v) is 11.6. The molecule has 200 valence electrons. The Morgan fingerprint density at radius 3 is 1.44 bits per heavy atom. The molecule has 15 atom stereocenters. The summed E-state index contributed by atoms with van der Waals surface area (Å²) < 4.78 is 47.0. The Kier molecular flexibility index (Phi) is 9.87. The summed E-state index contributed by atoms with van der Waals surface area (Å²) in [5.41, 5.74) is 0. The summed E-state index contributed by atoms with van der Waals surface area (Å²) in [7, 11) is 0. The maximum Gasteiger partial charge on any atom is 0.225 e. The summed E-state index contributed by atoms with van der Waals surface area (Å²) >= 11 is 0. The topological polar surface area (TPSA) is 46.2 Å². The zero-order chi connectivity index (χ0) is 25.3. The van der Waals surface area contributed by atoms with Crippen LogP contribution in [0.3, 0.4) is 0 Å². The minimum Gasteiger partial charge on any atom is -0.349 e. The van der Waals surface area contributed by atoms with Crippen LogP contribution in [0.4, 0.5) is 4.39 Å². The molecule has 3 aliphatic heterocycles. The Morgan fingerprint density at radius 1 is 0.500 bits per heavy atom. The van der Waals surface area contributed by atoms with E-state index in [-0.39, 0.29) is 54.4 Å². The predicted octanol–water partition coefficient (Wildman–Crippen LogP) is 6.58. The molecule has 3 aliphatic rings. The van der Waals surface area contributed by atoms with Gasteiger partial charge in [0.05, 0.1) is 18.3 Å². The molecule has 0 aromatic rings. The third-order valence-corrected chi connectivity index (χ3v) is 9.78. The highest BCUT2D eigenvalue weighted by atomic mass is 19.1. The lowest BCUT2D eigenvalue weighted by molar-refractivity contribution is -0.361. The van der Waals surface area contributed by atoms with E-state index in [1.54, 1.807) is 0 Å². The van der Waals surface area contributed by atoms with E-state index in [0.717, 1.165) is 19.3 Å². The van der Waals surface area contributed by atoms with Crippen molar-refractivity contribution in [1.29, 1.82) is 0 Å². The first kappa shape index (κ1) is 28.3. The number of alkyl halides is 1. The maximum atomic E-state index is 15.2. The quantitative estimate of drug-likeness (QED) is 0.406. The summed E-state index contributed by atoms with van der Waals surface area (Å²) in [6.45, 7) is 21.7. The van der Waals surface area contributed by atoms with Crippen LogP contribution in [-0.4, -0.2) is 49.5 Å². The molecule has 3 heterocycles. The number of ether oxygens (including phenoxy) is 5. The van der Waals surface area contributed by atoms with Gasteiger partial charge in [-0.15, -0.1) is 0 Å². The lowest BCUT2D eigenvalue weighted by atomic mass is 9.78. The van der Waals surface area contributed by atoms with E-state index in [4.69, 9.17) is 23.7 Å². The SMILES string of the molecule is CC[C@@H]1O[C@H](OC2C(C)[C@H](C)[C@H](CC)O[C@@H]2OC2C(C)[C@H](C)[C@H](CC)O[C@@H]2F)C(C)C(C)[C@@H]1C. The summed E-state index contributed by atoms with van der Waals surface area (Å²) in [5, 5.41) is 0. The molecule has 6 heteroatoms. The molecule has 0 spiro atoms. The summed E-state index contributed by atoms with van der Waals surface area (Å²) in [6.07, 6.45) is -0.692. The monoisotopic (exact) mass is 486 g/mol. The fourth-order valence-corrected chi connectivity index (χ4v) is 6.34. The zero-order valence-electron chi connectivity index (χ0n) is 23.2. The van der Waals surface area contributed by atoms with Crippen molar-refractivity contribution in [3.05, 3.63) is 0 Å². The number of rotatable bonds is 7. The van der Waals surface area contributed by atoms with Gasteiger partial charge in [0.1, 0.15) is 12.2 Å². The van der Waals surface area contributed by atoms with E-state index in [9.17, 15) is 0 Å². The molecule has 0 aromatic heterocycles. The lowest BCUT2D eigenvalue weighted by Crippen LogP contribution is -2.58. The second-order valence-electron chi connectivity index (χ2n) is 11.6. The van der Waals surface area contributed by atoms with Gasteiger partial charge in [-0.1, -0.05) is 69.2 Å². The first-order valence-corrected chi connectivity index (χ1v) is 14.0. The molecular weight excluding hydrogens is 435 g/mol. The molecule has 0 aromatic carbocycles. The van der Waals surface area contributed by atoms with Crippen LogP contribution < -0.4 is 0 Å². The Hall–Kier alpha value is -0.270. The zero-order valence-corrected chi connectivity index (χ0v) is 23.2. The van der Waals surface area contributed by atoms with Crippen molar-refractivity contribution < 1.29 is 28.1 Å². The Labute approximate surface area is 207 Å². The molecule has 0 bridgehead atoms. The molecule has 0 N–H and O–H groups in total. The van der Waals surface area contributed by atoms with Gasteiger partial charge in [-0.25, -0.2) is 4.39 Å². The average Bonchev–Trinajstić information content (AvgIpc) is 2.83. The molecule has 0 amide bonds.